The van der Waals surface area contributed by atoms with Gasteiger partial charge in [0.2, 0.25) is 5.91 Å². The summed E-state index contributed by atoms with van der Waals surface area (Å²) in [6, 6.07) is -0.728. The van der Waals surface area contributed by atoms with Gasteiger partial charge in [-0.25, -0.2) is 0 Å². The summed E-state index contributed by atoms with van der Waals surface area (Å²) in [5.41, 5.74) is 4.18. The minimum absolute atomic E-state index is 0.0567. The molecule has 15 heavy (non-hydrogen) atoms. The van der Waals surface area contributed by atoms with E-state index in [2.05, 4.69) is 5.32 Å². The van der Waals surface area contributed by atoms with Gasteiger partial charge in [-0.3, -0.25) is 4.79 Å². The number of aliphatic hydroxyl groups is 3. The highest BCUT2D eigenvalue weighted by molar-refractivity contribution is 5.82. The number of carbonyl (C=O) groups excluding carboxylic acids is 1. The zero-order valence-electron chi connectivity index (χ0n) is 9.10. The summed E-state index contributed by atoms with van der Waals surface area (Å²) in [7, 11) is 0. The van der Waals surface area contributed by atoms with Crippen LogP contribution < -0.4 is 11.1 Å². The molecule has 0 bridgehead atoms. The van der Waals surface area contributed by atoms with E-state index in [0.717, 1.165) is 0 Å². The van der Waals surface area contributed by atoms with Crippen LogP contribution >= 0.6 is 0 Å². The third kappa shape index (κ3) is 3.75. The molecule has 90 valence electrons. The fourth-order valence-corrected chi connectivity index (χ4v) is 0.916. The van der Waals surface area contributed by atoms with Gasteiger partial charge in [-0.05, 0) is 5.92 Å². The zero-order chi connectivity index (χ0) is 12.1. The Bertz CT molecular complexity index is 196. The zero-order valence-corrected chi connectivity index (χ0v) is 9.10. The Balaban J connectivity index is 4.48. The van der Waals surface area contributed by atoms with Crippen LogP contribution in [0.1, 0.15) is 13.8 Å². The molecule has 6 heteroatoms. The molecular formula is C9H20N2O4. The number of nitrogens with one attached hydrogen (secondary N) is 1. The molecule has 0 aliphatic carbocycles. The first kappa shape index (κ1) is 14.3. The second-order valence-corrected chi connectivity index (χ2v) is 4.01. The van der Waals surface area contributed by atoms with Gasteiger partial charge in [-0.2, -0.15) is 0 Å². The molecule has 0 radical (unpaired) electrons. The van der Waals surface area contributed by atoms with Gasteiger partial charge in [0, 0.05) is 0 Å². The number of hydrogen-bond acceptors (Lipinski definition) is 5. The molecule has 0 saturated heterocycles. The first-order valence-corrected chi connectivity index (χ1v) is 4.82. The molecule has 0 unspecified atom stereocenters. The standard InChI is InChI=1S/C9H20N2O4/c1-6(2)7(10)8(15)11-9(3-12,4-13)5-14/h6-7,12-14H,3-5,10H2,1-2H3,(H,11,15)/t7-/m1/s1. The summed E-state index contributed by atoms with van der Waals surface area (Å²) in [6.07, 6.45) is 0. The van der Waals surface area contributed by atoms with Crippen molar-refractivity contribution in [3.05, 3.63) is 0 Å². The Labute approximate surface area is 89.1 Å². The lowest BCUT2D eigenvalue weighted by Crippen LogP contribution is -2.60. The summed E-state index contributed by atoms with van der Waals surface area (Å²) in [5.74, 6) is -0.555. The molecule has 6 N–H and O–H groups in total. The SMILES string of the molecule is CC(C)[C@@H](N)C(=O)NC(CO)(CO)CO. The molecule has 0 fully saturated rings. The molecule has 0 aromatic rings. The van der Waals surface area contributed by atoms with Crippen LogP contribution in [0.3, 0.4) is 0 Å². The van der Waals surface area contributed by atoms with E-state index in [1.165, 1.54) is 0 Å². The van der Waals surface area contributed by atoms with Crippen LogP contribution in [-0.4, -0.2) is 52.6 Å². The molecule has 0 heterocycles. The highest BCUT2D eigenvalue weighted by atomic mass is 16.3. The van der Waals surface area contributed by atoms with Crippen molar-refractivity contribution < 1.29 is 20.1 Å². The molecule has 0 spiro atoms. The van der Waals surface area contributed by atoms with Crippen molar-refractivity contribution in [1.82, 2.24) is 5.32 Å². The average Bonchev–Trinajstić information content (AvgIpc) is 2.24. The van der Waals surface area contributed by atoms with Crippen molar-refractivity contribution in [2.24, 2.45) is 11.7 Å². The predicted molar refractivity (Wildman–Crippen MR) is 54.9 cm³/mol. The largest absolute Gasteiger partial charge is 0.394 e. The number of nitrogens with two attached hydrogens (primary N) is 1. The third-order valence-electron chi connectivity index (χ3n) is 2.32. The van der Waals surface area contributed by atoms with Crippen molar-refractivity contribution >= 4 is 5.91 Å². The van der Waals surface area contributed by atoms with Crippen LogP contribution in [0.5, 0.6) is 0 Å². The topological polar surface area (TPSA) is 116 Å². The quantitative estimate of drug-likeness (QED) is 0.348. The fraction of sp³-hybridized carbons (Fsp3) is 0.889. The molecule has 0 saturated carbocycles. The molecule has 1 amide bonds. The Morgan fingerprint density at radius 3 is 1.93 bits per heavy atom. The van der Waals surface area contributed by atoms with E-state index >= 15 is 0 Å². The normalized spacial score (nSPS) is 14.1. The molecule has 1 atom stereocenters. The number of carbonyl (C=O) groups is 1. The lowest BCUT2D eigenvalue weighted by molar-refractivity contribution is -0.127. The Hall–Kier alpha value is -0.690. The van der Waals surface area contributed by atoms with Crippen LogP contribution in [0.4, 0.5) is 0 Å². The van der Waals surface area contributed by atoms with E-state index < -0.39 is 37.3 Å². The minimum atomic E-state index is -1.40. The van der Waals surface area contributed by atoms with Crippen molar-refractivity contribution in [2.75, 3.05) is 19.8 Å². The maximum absolute atomic E-state index is 11.5. The third-order valence-corrected chi connectivity index (χ3v) is 2.32. The first-order chi connectivity index (χ1) is 6.92. The van der Waals surface area contributed by atoms with E-state index in [1.54, 1.807) is 13.8 Å². The van der Waals surface area contributed by atoms with Gasteiger partial charge < -0.3 is 26.4 Å². The maximum Gasteiger partial charge on any atom is 0.237 e. The highest BCUT2D eigenvalue weighted by Gasteiger charge is 2.32. The van der Waals surface area contributed by atoms with Gasteiger partial charge in [-0.1, -0.05) is 13.8 Å². The van der Waals surface area contributed by atoms with Gasteiger partial charge in [0.15, 0.2) is 0 Å². The fourth-order valence-electron chi connectivity index (χ4n) is 0.916. The molecule has 0 aromatic carbocycles. The summed E-state index contributed by atoms with van der Waals surface area (Å²) >= 11 is 0. The van der Waals surface area contributed by atoms with Gasteiger partial charge in [0.1, 0.15) is 5.54 Å². The summed E-state index contributed by atoms with van der Waals surface area (Å²) in [4.78, 5) is 11.5. The second-order valence-electron chi connectivity index (χ2n) is 4.01. The van der Waals surface area contributed by atoms with E-state index in [4.69, 9.17) is 21.1 Å². The van der Waals surface area contributed by atoms with E-state index in [-0.39, 0.29) is 5.92 Å². The number of amides is 1. The van der Waals surface area contributed by atoms with Gasteiger partial charge in [0.05, 0.1) is 25.9 Å². The lowest BCUT2D eigenvalue weighted by atomic mass is 10.00. The molecule has 6 nitrogen and oxygen atoms in total. The van der Waals surface area contributed by atoms with Gasteiger partial charge in [-0.15, -0.1) is 0 Å². The van der Waals surface area contributed by atoms with Crippen LogP contribution in [0, 0.1) is 5.92 Å². The summed E-state index contributed by atoms with van der Waals surface area (Å²) in [5, 5.41) is 29.3. The molecular weight excluding hydrogens is 200 g/mol. The number of rotatable bonds is 6. The summed E-state index contributed by atoms with van der Waals surface area (Å²) < 4.78 is 0. The van der Waals surface area contributed by atoms with Crippen molar-refractivity contribution in [3.63, 3.8) is 0 Å². The number of hydrogen-bond donors (Lipinski definition) is 5. The molecule has 0 aromatic heterocycles. The van der Waals surface area contributed by atoms with Crippen LogP contribution in [-0.2, 0) is 4.79 Å². The monoisotopic (exact) mass is 220 g/mol. The predicted octanol–water partition coefficient (Wildman–Crippen LogP) is -2.20. The van der Waals surface area contributed by atoms with Crippen molar-refractivity contribution in [3.8, 4) is 0 Å². The van der Waals surface area contributed by atoms with Crippen molar-refractivity contribution in [1.29, 1.82) is 0 Å². The van der Waals surface area contributed by atoms with Gasteiger partial charge >= 0.3 is 0 Å². The highest BCUT2D eigenvalue weighted by Crippen LogP contribution is 2.05. The maximum atomic E-state index is 11.5. The Morgan fingerprint density at radius 1 is 1.27 bits per heavy atom. The molecule has 0 aliphatic rings. The van der Waals surface area contributed by atoms with E-state index in [0.29, 0.717) is 0 Å². The average molecular weight is 220 g/mol. The second kappa shape index (κ2) is 6.02. The number of aliphatic hydroxyl groups excluding tert-OH is 3. The van der Waals surface area contributed by atoms with Crippen LogP contribution in [0.2, 0.25) is 0 Å². The van der Waals surface area contributed by atoms with E-state index in [1.807, 2.05) is 0 Å². The van der Waals surface area contributed by atoms with Crippen LogP contribution in [0.25, 0.3) is 0 Å². The first-order valence-electron chi connectivity index (χ1n) is 4.82. The molecule has 0 aliphatic heterocycles. The van der Waals surface area contributed by atoms with E-state index in [9.17, 15) is 4.79 Å². The Kier molecular flexibility index (Phi) is 5.74. The smallest absolute Gasteiger partial charge is 0.237 e. The summed E-state index contributed by atoms with van der Waals surface area (Å²) in [6.45, 7) is 1.93. The van der Waals surface area contributed by atoms with Crippen LogP contribution in [0.15, 0.2) is 0 Å². The lowest BCUT2D eigenvalue weighted by Gasteiger charge is -2.30. The van der Waals surface area contributed by atoms with Crippen molar-refractivity contribution in [2.45, 2.75) is 25.4 Å². The minimum Gasteiger partial charge on any atom is -0.394 e. The molecule has 0 rings (SSSR count). The Morgan fingerprint density at radius 2 is 1.67 bits per heavy atom. The van der Waals surface area contributed by atoms with Gasteiger partial charge in [0.25, 0.3) is 0 Å².